The number of fused-ring (bicyclic) bond motifs is 1. The lowest BCUT2D eigenvalue weighted by Gasteiger charge is -2.10. The highest BCUT2D eigenvalue weighted by atomic mass is 35.5. The second-order valence-corrected chi connectivity index (χ2v) is 5.20. The molecule has 1 heterocycles. The largest absolute Gasteiger partial charge is 0.324 e. The average Bonchev–Trinajstić information content (AvgIpc) is 2.73. The molecule has 94 valence electrons. The van der Waals surface area contributed by atoms with Crippen LogP contribution in [0.25, 0.3) is 10.1 Å². The number of hydrogen-bond acceptors (Lipinski definition) is 2. The molecule has 1 atom stereocenters. The third-order valence-corrected chi connectivity index (χ3v) is 4.01. The summed E-state index contributed by atoms with van der Waals surface area (Å²) >= 11 is 1.80. The van der Waals surface area contributed by atoms with Gasteiger partial charge < -0.3 is 5.73 Å². The molecule has 1 aromatic carbocycles. The molecule has 0 fully saturated rings. The van der Waals surface area contributed by atoms with Crippen LogP contribution in [0.5, 0.6) is 0 Å². The minimum atomic E-state index is 0. The lowest BCUT2D eigenvalue weighted by Crippen LogP contribution is -2.09. The van der Waals surface area contributed by atoms with Crippen molar-refractivity contribution in [3.63, 3.8) is 0 Å². The molecule has 0 spiro atoms. The van der Waals surface area contributed by atoms with Crippen LogP contribution in [0.15, 0.2) is 29.6 Å². The van der Waals surface area contributed by atoms with Gasteiger partial charge in [-0.1, -0.05) is 44.4 Å². The zero-order valence-electron chi connectivity index (χ0n) is 10.2. The van der Waals surface area contributed by atoms with Crippen molar-refractivity contribution in [1.29, 1.82) is 0 Å². The number of nitrogens with two attached hydrogens (primary N) is 1. The van der Waals surface area contributed by atoms with E-state index in [0.717, 1.165) is 6.42 Å². The Kier molecular flexibility index (Phi) is 5.96. The molecule has 2 aromatic rings. The number of thiophene rings is 1. The fourth-order valence-corrected chi connectivity index (χ4v) is 3.08. The predicted octanol–water partition coefficient (Wildman–Crippen LogP) is 4.90. The summed E-state index contributed by atoms with van der Waals surface area (Å²) in [4.78, 5) is 0. The summed E-state index contributed by atoms with van der Waals surface area (Å²) in [6.45, 7) is 2.23. The number of unbranched alkanes of at least 4 members (excludes halogenated alkanes) is 2. The monoisotopic (exact) mass is 269 g/mol. The van der Waals surface area contributed by atoms with Crippen molar-refractivity contribution in [1.82, 2.24) is 0 Å². The molecular formula is C14H20ClNS. The van der Waals surface area contributed by atoms with Gasteiger partial charge in [0.05, 0.1) is 0 Å². The molecular weight excluding hydrogens is 250 g/mol. The van der Waals surface area contributed by atoms with Crippen LogP contribution in [0.2, 0.25) is 0 Å². The maximum atomic E-state index is 6.25. The molecule has 0 amide bonds. The SMILES string of the molecule is CCCCC[C@@H](N)c1csc2ccccc12.Cl. The van der Waals surface area contributed by atoms with Gasteiger partial charge in [0.15, 0.2) is 0 Å². The van der Waals surface area contributed by atoms with Crippen molar-refractivity contribution in [2.75, 3.05) is 0 Å². The van der Waals surface area contributed by atoms with Gasteiger partial charge in [0.25, 0.3) is 0 Å². The smallest absolute Gasteiger partial charge is 0.0346 e. The zero-order chi connectivity index (χ0) is 11.4. The minimum absolute atomic E-state index is 0. The van der Waals surface area contributed by atoms with Gasteiger partial charge in [-0.15, -0.1) is 23.7 Å². The lowest BCUT2D eigenvalue weighted by molar-refractivity contribution is 0.585. The van der Waals surface area contributed by atoms with Crippen molar-refractivity contribution < 1.29 is 0 Å². The summed E-state index contributed by atoms with van der Waals surface area (Å²) < 4.78 is 1.35. The molecule has 2 N–H and O–H groups in total. The molecule has 0 unspecified atom stereocenters. The minimum Gasteiger partial charge on any atom is -0.324 e. The van der Waals surface area contributed by atoms with Gasteiger partial charge in [0.1, 0.15) is 0 Å². The van der Waals surface area contributed by atoms with Gasteiger partial charge >= 0.3 is 0 Å². The number of benzene rings is 1. The molecule has 0 aliphatic heterocycles. The Morgan fingerprint density at radius 1 is 1.24 bits per heavy atom. The van der Waals surface area contributed by atoms with Crippen LogP contribution in [0.4, 0.5) is 0 Å². The fraction of sp³-hybridized carbons (Fsp3) is 0.429. The van der Waals surface area contributed by atoms with Crippen LogP contribution < -0.4 is 5.73 Å². The van der Waals surface area contributed by atoms with Crippen LogP contribution in [-0.4, -0.2) is 0 Å². The van der Waals surface area contributed by atoms with Crippen LogP contribution in [0, 0.1) is 0 Å². The molecule has 2 rings (SSSR count). The van der Waals surface area contributed by atoms with Crippen LogP contribution in [-0.2, 0) is 0 Å². The van der Waals surface area contributed by atoms with E-state index in [4.69, 9.17) is 5.73 Å². The molecule has 1 aromatic heterocycles. The maximum Gasteiger partial charge on any atom is 0.0346 e. The van der Waals surface area contributed by atoms with E-state index >= 15 is 0 Å². The van der Waals surface area contributed by atoms with Gasteiger partial charge in [-0.2, -0.15) is 0 Å². The van der Waals surface area contributed by atoms with Crippen molar-refractivity contribution in [2.45, 2.75) is 38.6 Å². The fourth-order valence-electron chi connectivity index (χ4n) is 2.06. The van der Waals surface area contributed by atoms with Gasteiger partial charge in [0.2, 0.25) is 0 Å². The summed E-state index contributed by atoms with van der Waals surface area (Å²) in [5.41, 5.74) is 7.58. The maximum absolute atomic E-state index is 6.25. The van der Waals surface area contributed by atoms with E-state index in [1.807, 2.05) is 0 Å². The standard InChI is InChI=1S/C14H19NS.ClH/c1-2-3-4-8-13(15)12-10-16-14-9-6-5-7-11(12)14;/h5-7,9-10,13H,2-4,8,15H2,1H3;1H/t13-;/m1./s1. The Balaban J connectivity index is 0.00000144. The Morgan fingerprint density at radius 2 is 2.00 bits per heavy atom. The van der Waals surface area contributed by atoms with Crippen LogP contribution in [0.1, 0.15) is 44.2 Å². The van der Waals surface area contributed by atoms with Gasteiger partial charge in [-0.3, -0.25) is 0 Å². The predicted molar refractivity (Wildman–Crippen MR) is 80.1 cm³/mol. The first-order chi connectivity index (χ1) is 7.83. The highest BCUT2D eigenvalue weighted by molar-refractivity contribution is 7.17. The first-order valence-electron chi connectivity index (χ1n) is 6.04. The molecule has 0 saturated heterocycles. The third-order valence-electron chi connectivity index (χ3n) is 3.03. The Hall–Kier alpha value is -0.570. The van der Waals surface area contributed by atoms with Gasteiger partial charge in [0, 0.05) is 10.7 Å². The molecule has 0 saturated carbocycles. The molecule has 0 bridgehead atoms. The van der Waals surface area contributed by atoms with E-state index in [2.05, 4.69) is 36.6 Å². The zero-order valence-corrected chi connectivity index (χ0v) is 11.8. The lowest BCUT2D eigenvalue weighted by atomic mass is 10.0. The van der Waals surface area contributed by atoms with Crippen molar-refractivity contribution >= 4 is 33.8 Å². The molecule has 0 aliphatic carbocycles. The van der Waals surface area contributed by atoms with Gasteiger partial charge in [-0.05, 0) is 28.8 Å². The van der Waals surface area contributed by atoms with Crippen LogP contribution >= 0.6 is 23.7 Å². The topological polar surface area (TPSA) is 26.0 Å². The summed E-state index contributed by atoms with van der Waals surface area (Å²) in [7, 11) is 0. The highest BCUT2D eigenvalue weighted by Gasteiger charge is 2.10. The quantitative estimate of drug-likeness (QED) is 0.768. The van der Waals surface area contributed by atoms with E-state index < -0.39 is 0 Å². The first kappa shape index (κ1) is 14.5. The molecule has 0 aliphatic rings. The van der Waals surface area contributed by atoms with E-state index in [-0.39, 0.29) is 18.4 Å². The summed E-state index contributed by atoms with van der Waals surface area (Å²) in [6, 6.07) is 8.74. The summed E-state index contributed by atoms with van der Waals surface area (Å²) in [5, 5.41) is 3.57. The van der Waals surface area contributed by atoms with Gasteiger partial charge in [-0.25, -0.2) is 0 Å². The molecule has 0 radical (unpaired) electrons. The highest BCUT2D eigenvalue weighted by Crippen LogP contribution is 2.31. The number of rotatable bonds is 5. The number of halogens is 1. The Bertz CT molecular complexity index is 452. The van der Waals surface area contributed by atoms with E-state index in [1.165, 1.54) is 34.9 Å². The normalized spacial score (nSPS) is 12.4. The van der Waals surface area contributed by atoms with Crippen molar-refractivity contribution in [3.8, 4) is 0 Å². The number of hydrogen-bond donors (Lipinski definition) is 1. The first-order valence-corrected chi connectivity index (χ1v) is 6.92. The second-order valence-electron chi connectivity index (χ2n) is 4.29. The van der Waals surface area contributed by atoms with Crippen molar-refractivity contribution in [3.05, 3.63) is 35.2 Å². The van der Waals surface area contributed by atoms with E-state index in [1.54, 1.807) is 11.3 Å². The molecule has 17 heavy (non-hydrogen) atoms. The van der Waals surface area contributed by atoms with E-state index in [9.17, 15) is 0 Å². The van der Waals surface area contributed by atoms with Crippen LogP contribution in [0.3, 0.4) is 0 Å². The Morgan fingerprint density at radius 3 is 2.76 bits per heavy atom. The second kappa shape index (κ2) is 7.00. The summed E-state index contributed by atoms with van der Waals surface area (Å²) in [6.07, 6.45) is 4.89. The van der Waals surface area contributed by atoms with E-state index in [0.29, 0.717) is 0 Å². The third kappa shape index (κ3) is 3.44. The molecule has 3 heteroatoms. The Labute approximate surface area is 113 Å². The molecule has 1 nitrogen and oxygen atoms in total. The average molecular weight is 270 g/mol. The summed E-state index contributed by atoms with van der Waals surface area (Å²) in [5.74, 6) is 0. The van der Waals surface area contributed by atoms with Crippen molar-refractivity contribution in [2.24, 2.45) is 5.73 Å².